The van der Waals surface area contributed by atoms with Crippen LogP contribution < -0.4 is 5.32 Å². The highest BCUT2D eigenvalue weighted by molar-refractivity contribution is 6.42. The molecule has 1 aromatic rings. The van der Waals surface area contributed by atoms with Crippen LogP contribution in [0.25, 0.3) is 0 Å². The predicted molar refractivity (Wildman–Crippen MR) is 69.3 cm³/mol. The van der Waals surface area contributed by atoms with Gasteiger partial charge in [0.05, 0.1) is 15.6 Å². The quantitative estimate of drug-likeness (QED) is 0.834. The number of rotatable bonds is 1. The summed E-state index contributed by atoms with van der Waals surface area (Å²) in [5.74, 6) is 0. The molecule has 0 saturated carbocycles. The van der Waals surface area contributed by atoms with Crippen molar-refractivity contribution in [2.75, 3.05) is 26.7 Å². The van der Waals surface area contributed by atoms with Crippen molar-refractivity contribution in [2.45, 2.75) is 12.5 Å². The summed E-state index contributed by atoms with van der Waals surface area (Å²) in [6.07, 6.45) is 0. The number of hydrogen-bond acceptors (Lipinski definition) is 2. The van der Waals surface area contributed by atoms with Gasteiger partial charge in [-0.25, -0.2) is 0 Å². The molecular weight excluding hydrogens is 243 g/mol. The first-order chi connectivity index (χ1) is 7.54. The molecular formula is C12H16Cl2N2. The monoisotopic (exact) mass is 258 g/mol. The van der Waals surface area contributed by atoms with E-state index in [0.29, 0.717) is 10.0 Å². The Labute approximate surface area is 107 Å². The zero-order chi connectivity index (χ0) is 11.8. The Balaban J connectivity index is 2.37. The SMILES string of the molecule is CN1CCNCC1(C)c1ccc(Cl)c(Cl)c1. The molecule has 2 rings (SSSR count). The molecule has 16 heavy (non-hydrogen) atoms. The van der Waals surface area contributed by atoms with Crippen LogP contribution in [0.2, 0.25) is 10.0 Å². The first-order valence-corrected chi connectivity index (χ1v) is 6.17. The molecule has 2 nitrogen and oxygen atoms in total. The minimum atomic E-state index is -0.00746. The summed E-state index contributed by atoms with van der Waals surface area (Å²) in [6.45, 7) is 5.23. The molecule has 1 aromatic carbocycles. The lowest BCUT2D eigenvalue weighted by atomic mass is 9.89. The van der Waals surface area contributed by atoms with Crippen LogP contribution >= 0.6 is 23.2 Å². The van der Waals surface area contributed by atoms with Crippen LogP contribution in [0.15, 0.2) is 18.2 Å². The Hall–Kier alpha value is -0.280. The molecule has 1 saturated heterocycles. The van der Waals surface area contributed by atoms with Gasteiger partial charge in [0.1, 0.15) is 0 Å². The van der Waals surface area contributed by atoms with Gasteiger partial charge in [0.2, 0.25) is 0 Å². The fraction of sp³-hybridized carbons (Fsp3) is 0.500. The lowest BCUT2D eigenvalue weighted by molar-refractivity contribution is 0.104. The van der Waals surface area contributed by atoms with Crippen LogP contribution in [0, 0.1) is 0 Å². The molecule has 1 fully saturated rings. The number of nitrogens with zero attached hydrogens (tertiary/aromatic N) is 1. The minimum absolute atomic E-state index is 0.00746. The van der Waals surface area contributed by atoms with Crippen molar-refractivity contribution < 1.29 is 0 Å². The molecule has 1 atom stereocenters. The molecule has 0 aliphatic carbocycles. The number of nitrogens with one attached hydrogen (secondary N) is 1. The third-order valence-electron chi connectivity index (χ3n) is 3.48. The zero-order valence-corrected chi connectivity index (χ0v) is 11.1. The van der Waals surface area contributed by atoms with E-state index in [1.807, 2.05) is 12.1 Å². The fourth-order valence-corrected chi connectivity index (χ4v) is 2.41. The van der Waals surface area contributed by atoms with Crippen molar-refractivity contribution in [3.63, 3.8) is 0 Å². The van der Waals surface area contributed by atoms with E-state index in [1.165, 1.54) is 5.56 Å². The zero-order valence-electron chi connectivity index (χ0n) is 9.56. The molecule has 1 aliphatic heterocycles. The van der Waals surface area contributed by atoms with Crippen LogP contribution in [0.4, 0.5) is 0 Å². The van der Waals surface area contributed by atoms with Gasteiger partial charge in [-0.3, -0.25) is 4.90 Å². The Kier molecular flexibility index (Phi) is 3.45. The van der Waals surface area contributed by atoms with Gasteiger partial charge in [0.15, 0.2) is 0 Å². The van der Waals surface area contributed by atoms with E-state index >= 15 is 0 Å². The molecule has 1 aliphatic rings. The maximum Gasteiger partial charge on any atom is 0.0595 e. The van der Waals surface area contributed by atoms with Crippen LogP contribution in [0.1, 0.15) is 12.5 Å². The number of benzene rings is 1. The Morgan fingerprint density at radius 3 is 2.69 bits per heavy atom. The second-order valence-corrected chi connectivity index (χ2v) is 5.32. The van der Waals surface area contributed by atoms with Gasteiger partial charge >= 0.3 is 0 Å². The minimum Gasteiger partial charge on any atom is -0.313 e. The van der Waals surface area contributed by atoms with Crippen molar-refractivity contribution in [1.82, 2.24) is 10.2 Å². The van der Waals surface area contributed by atoms with Gasteiger partial charge in [-0.1, -0.05) is 29.3 Å². The lowest BCUT2D eigenvalue weighted by Crippen LogP contribution is -2.55. The smallest absolute Gasteiger partial charge is 0.0595 e. The van der Waals surface area contributed by atoms with E-state index in [2.05, 4.69) is 30.3 Å². The summed E-state index contributed by atoms with van der Waals surface area (Å²) in [4.78, 5) is 2.35. The van der Waals surface area contributed by atoms with Gasteiger partial charge in [-0.2, -0.15) is 0 Å². The first-order valence-electron chi connectivity index (χ1n) is 5.41. The average molecular weight is 259 g/mol. The van der Waals surface area contributed by atoms with Gasteiger partial charge in [0.25, 0.3) is 0 Å². The molecule has 0 amide bonds. The third kappa shape index (κ3) is 2.07. The topological polar surface area (TPSA) is 15.3 Å². The van der Waals surface area contributed by atoms with Crippen LogP contribution in [-0.2, 0) is 5.54 Å². The lowest BCUT2D eigenvalue weighted by Gasteiger charge is -2.43. The van der Waals surface area contributed by atoms with E-state index in [9.17, 15) is 0 Å². The molecule has 0 bridgehead atoms. The molecule has 1 unspecified atom stereocenters. The molecule has 4 heteroatoms. The van der Waals surface area contributed by atoms with E-state index in [-0.39, 0.29) is 5.54 Å². The second-order valence-electron chi connectivity index (χ2n) is 4.50. The molecule has 1 heterocycles. The van der Waals surface area contributed by atoms with Crippen molar-refractivity contribution in [3.8, 4) is 0 Å². The highest BCUT2D eigenvalue weighted by Crippen LogP contribution is 2.32. The van der Waals surface area contributed by atoms with Crippen LogP contribution in [0.5, 0.6) is 0 Å². The van der Waals surface area contributed by atoms with Crippen molar-refractivity contribution in [3.05, 3.63) is 33.8 Å². The van der Waals surface area contributed by atoms with E-state index in [1.54, 1.807) is 0 Å². The standard InChI is InChI=1S/C12H16Cl2N2/c1-12(8-15-5-6-16(12)2)9-3-4-10(13)11(14)7-9/h3-4,7,15H,5-6,8H2,1-2H3. The number of halogens is 2. The summed E-state index contributed by atoms with van der Waals surface area (Å²) in [5.41, 5.74) is 1.20. The number of likely N-dealkylation sites (N-methyl/N-ethyl adjacent to an activating group) is 1. The maximum atomic E-state index is 6.07. The Morgan fingerprint density at radius 2 is 2.06 bits per heavy atom. The Morgan fingerprint density at radius 1 is 1.31 bits per heavy atom. The van der Waals surface area contributed by atoms with Crippen LogP contribution in [0.3, 0.4) is 0 Å². The third-order valence-corrected chi connectivity index (χ3v) is 4.22. The van der Waals surface area contributed by atoms with E-state index in [4.69, 9.17) is 23.2 Å². The highest BCUT2D eigenvalue weighted by Gasteiger charge is 2.33. The predicted octanol–water partition coefficient (Wildman–Crippen LogP) is 2.74. The molecule has 0 radical (unpaired) electrons. The molecule has 1 N–H and O–H groups in total. The first kappa shape index (κ1) is 12.2. The van der Waals surface area contributed by atoms with E-state index in [0.717, 1.165) is 19.6 Å². The molecule has 88 valence electrons. The average Bonchev–Trinajstić information content (AvgIpc) is 2.26. The summed E-state index contributed by atoms with van der Waals surface area (Å²) in [6, 6.07) is 5.89. The largest absolute Gasteiger partial charge is 0.313 e. The number of piperazine rings is 1. The van der Waals surface area contributed by atoms with Gasteiger partial charge < -0.3 is 5.32 Å². The van der Waals surface area contributed by atoms with Crippen molar-refractivity contribution in [2.24, 2.45) is 0 Å². The van der Waals surface area contributed by atoms with Gasteiger partial charge in [0, 0.05) is 19.6 Å². The summed E-state index contributed by atoms with van der Waals surface area (Å²) in [5, 5.41) is 4.66. The normalized spacial score (nSPS) is 27.0. The van der Waals surface area contributed by atoms with Crippen molar-refractivity contribution >= 4 is 23.2 Å². The molecule has 0 aromatic heterocycles. The Bertz CT molecular complexity index is 395. The second kappa shape index (κ2) is 4.53. The fourth-order valence-electron chi connectivity index (χ4n) is 2.11. The summed E-state index contributed by atoms with van der Waals surface area (Å²) >= 11 is 12.0. The van der Waals surface area contributed by atoms with Gasteiger partial charge in [-0.15, -0.1) is 0 Å². The molecule has 0 spiro atoms. The summed E-state index contributed by atoms with van der Waals surface area (Å²) in [7, 11) is 2.14. The number of hydrogen-bond donors (Lipinski definition) is 1. The van der Waals surface area contributed by atoms with Crippen LogP contribution in [-0.4, -0.2) is 31.6 Å². The van der Waals surface area contributed by atoms with Crippen molar-refractivity contribution in [1.29, 1.82) is 0 Å². The van der Waals surface area contributed by atoms with E-state index < -0.39 is 0 Å². The van der Waals surface area contributed by atoms with Gasteiger partial charge in [-0.05, 0) is 31.7 Å². The summed E-state index contributed by atoms with van der Waals surface area (Å²) < 4.78 is 0. The maximum absolute atomic E-state index is 6.07. The highest BCUT2D eigenvalue weighted by atomic mass is 35.5.